The number of thiazole rings is 1. The molecule has 25 heavy (non-hydrogen) atoms. The number of hydrogen-bond donors (Lipinski definition) is 1. The van der Waals surface area contributed by atoms with Crippen molar-refractivity contribution in [1.82, 2.24) is 10.4 Å². The van der Waals surface area contributed by atoms with E-state index in [4.69, 9.17) is 9.47 Å². The zero-order chi connectivity index (χ0) is 17.6. The fourth-order valence-electron chi connectivity index (χ4n) is 2.36. The predicted octanol–water partition coefficient (Wildman–Crippen LogP) is 2.28. The number of hydrazone groups is 1. The Labute approximate surface area is 150 Å². The normalized spacial score (nSPS) is 16.0. The van der Waals surface area contributed by atoms with Crippen LogP contribution in [0.1, 0.15) is 18.7 Å². The molecule has 1 amide bonds. The first-order valence-corrected chi connectivity index (χ1v) is 8.95. The number of anilines is 1. The first-order valence-electron chi connectivity index (χ1n) is 8.13. The fraction of sp³-hybridized carbons (Fsp3) is 0.353. The molecule has 1 aliphatic heterocycles. The van der Waals surface area contributed by atoms with E-state index >= 15 is 0 Å². The van der Waals surface area contributed by atoms with Gasteiger partial charge in [0.1, 0.15) is 6.61 Å². The van der Waals surface area contributed by atoms with Gasteiger partial charge in [-0.05, 0) is 26.0 Å². The van der Waals surface area contributed by atoms with Gasteiger partial charge in [-0.15, -0.1) is 0 Å². The van der Waals surface area contributed by atoms with E-state index in [1.165, 1.54) is 11.3 Å². The molecule has 0 spiro atoms. The topological polar surface area (TPSA) is 76.1 Å². The maximum Gasteiger partial charge on any atom is 0.284 e. The second-order valence-electron chi connectivity index (χ2n) is 5.32. The van der Waals surface area contributed by atoms with Gasteiger partial charge in [-0.1, -0.05) is 23.5 Å². The molecule has 0 aliphatic carbocycles. The van der Waals surface area contributed by atoms with Crippen LogP contribution in [0.15, 0.2) is 35.6 Å². The summed E-state index contributed by atoms with van der Waals surface area (Å²) < 4.78 is 11.2. The van der Waals surface area contributed by atoms with E-state index in [-0.39, 0.29) is 12.5 Å². The highest BCUT2D eigenvalue weighted by molar-refractivity contribution is 7.17. The number of hydrogen-bond acceptors (Lipinski definition) is 7. The van der Waals surface area contributed by atoms with Gasteiger partial charge in [0.25, 0.3) is 5.91 Å². The largest absolute Gasteiger partial charge is 0.485 e. The molecule has 7 nitrogen and oxygen atoms in total. The van der Waals surface area contributed by atoms with Crippen molar-refractivity contribution in [3.05, 3.63) is 35.3 Å². The summed E-state index contributed by atoms with van der Waals surface area (Å²) in [6, 6.07) is 7.26. The van der Waals surface area contributed by atoms with Gasteiger partial charge in [0.05, 0.1) is 11.1 Å². The van der Waals surface area contributed by atoms with Crippen LogP contribution in [0.25, 0.3) is 0 Å². The number of rotatable bonds is 6. The average molecular weight is 360 g/mol. The number of fused-ring (bicyclic) bond motifs is 1. The molecule has 8 heteroatoms. The van der Waals surface area contributed by atoms with Crippen LogP contribution in [-0.4, -0.2) is 42.9 Å². The van der Waals surface area contributed by atoms with E-state index < -0.39 is 6.10 Å². The summed E-state index contributed by atoms with van der Waals surface area (Å²) in [7, 11) is 0. The zero-order valence-electron chi connectivity index (χ0n) is 14.1. The summed E-state index contributed by atoms with van der Waals surface area (Å²) in [4.78, 5) is 19.5. The number of para-hydroxylation sites is 2. The number of carbonyl (C=O) groups is 1. The average Bonchev–Trinajstić information content (AvgIpc) is 3.11. The molecule has 0 fully saturated rings. The molecular formula is C17H20N4O3S. The molecule has 2 aromatic rings. The van der Waals surface area contributed by atoms with Gasteiger partial charge in [0.15, 0.2) is 16.6 Å². The second kappa shape index (κ2) is 7.98. The Morgan fingerprint density at radius 2 is 2.16 bits per heavy atom. The van der Waals surface area contributed by atoms with Gasteiger partial charge in [0.2, 0.25) is 6.10 Å². The van der Waals surface area contributed by atoms with Crippen LogP contribution in [0.5, 0.6) is 11.5 Å². The Hall–Kier alpha value is -2.61. The zero-order valence-corrected chi connectivity index (χ0v) is 15.0. The van der Waals surface area contributed by atoms with Crippen molar-refractivity contribution in [2.24, 2.45) is 5.10 Å². The molecule has 1 N–H and O–H groups in total. The van der Waals surface area contributed by atoms with Gasteiger partial charge >= 0.3 is 0 Å². The maximum atomic E-state index is 12.2. The lowest BCUT2D eigenvalue weighted by Crippen LogP contribution is -2.42. The fourth-order valence-corrected chi connectivity index (χ4v) is 3.27. The Kier molecular flexibility index (Phi) is 5.49. The third kappa shape index (κ3) is 4.08. The smallest absolute Gasteiger partial charge is 0.284 e. The third-order valence-electron chi connectivity index (χ3n) is 3.71. The van der Waals surface area contributed by atoms with Crippen LogP contribution in [0.2, 0.25) is 0 Å². The van der Waals surface area contributed by atoms with E-state index in [0.29, 0.717) is 11.5 Å². The Morgan fingerprint density at radius 1 is 1.40 bits per heavy atom. The lowest BCUT2D eigenvalue weighted by molar-refractivity contribution is -0.130. The van der Waals surface area contributed by atoms with Crippen LogP contribution in [0.3, 0.4) is 0 Å². The number of ether oxygens (including phenoxy) is 2. The van der Waals surface area contributed by atoms with Crippen molar-refractivity contribution in [2.45, 2.75) is 20.0 Å². The van der Waals surface area contributed by atoms with E-state index in [2.05, 4.69) is 34.3 Å². The van der Waals surface area contributed by atoms with E-state index in [1.54, 1.807) is 24.5 Å². The summed E-state index contributed by atoms with van der Waals surface area (Å²) in [5.74, 6) is 0.854. The number of nitrogens with zero attached hydrogens (tertiary/aromatic N) is 3. The van der Waals surface area contributed by atoms with Gasteiger partial charge in [-0.25, -0.2) is 10.4 Å². The molecule has 0 saturated heterocycles. The molecule has 3 rings (SSSR count). The summed E-state index contributed by atoms with van der Waals surface area (Å²) in [5, 5.41) is 4.93. The van der Waals surface area contributed by atoms with Crippen molar-refractivity contribution in [3.63, 3.8) is 0 Å². The molecule has 1 atom stereocenters. The van der Waals surface area contributed by atoms with Crippen molar-refractivity contribution in [1.29, 1.82) is 0 Å². The molecule has 0 saturated carbocycles. The minimum Gasteiger partial charge on any atom is -0.485 e. The molecule has 1 aromatic heterocycles. The quantitative estimate of drug-likeness (QED) is 0.632. The molecule has 1 aliphatic rings. The molecule has 0 unspecified atom stereocenters. The van der Waals surface area contributed by atoms with E-state index in [0.717, 1.165) is 23.1 Å². The van der Waals surface area contributed by atoms with Crippen molar-refractivity contribution < 1.29 is 14.3 Å². The van der Waals surface area contributed by atoms with Crippen LogP contribution in [0.4, 0.5) is 5.13 Å². The lowest BCUT2D eigenvalue weighted by Gasteiger charge is -2.24. The Bertz CT molecular complexity index is 758. The summed E-state index contributed by atoms with van der Waals surface area (Å²) in [5.41, 5.74) is 2.49. The number of aromatic nitrogens is 1. The van der Waals surface area contributed by atoms with Crippen molar-refractivity contribution in [2.75, 3.05) is 24.6 Å². The second-order valence-corrected chi connectivity index (χ2v) is 6.36. The Balaban J connectivity index is 1.55. The minimum absolute atomic E-state index is 0.158. The first kappa shape index (κ1) is 17.2. The van der Waals surface area contributed by atoms with Crippen LogP contribution < -0.4 is 19.8 Å². The van der Waals surface area contributed by atoms with Gasteiger partial charge < -0.3 is 14.4 Å². The maximum absolute atomic E-state index is 12.2. The number of benzene rings is 1. The molecule has 132 valence electrons. The van der Waals surface area contributed by atoms with Crippen LogP contribution in [-0.2, 0) is 4.79 Å². The Morgan fingerprint density at radius 3 is 2.92 bits per heavy atom. The molecule has 1 aromatic carbocycles. The SMILES string of the molecule is CCN(CC)c1ncc(/C=N\NC(=O)[C@@H]2COc3ccccc3O2)s1. The monoisotopic (exact) mass is 360 g/mol. The number of amides is 1. The van der Waals surface area contributed by atoms with Crippen LogP contribution >= 0.6 is 11.3 Å². The first-order chi connectivity index (χ1) is 12.2. The number of carbonyl (C=O) groups excluding carboxylic acids is 1. The van der Waals surface area contributed by atoms with E-state index in [1.807, 2.05) is 12.1 Å². The minimum atomic E-state index is -0.722. The van der Waals surface area contributed by atoms with Crippen LogP contribution in [0, 0.1) is 0 Å². The van der Waals surface area contributed by atoms with Crippen molar-refractivity contribution in [3.8, 4) is 11.5 Å². The van der Waals surface area contributed by atoms with Gasteiger partial charge in [-0.2, -0.15) is 5.10 Å². The molecule has 0 bridgehead atoms. The van der Waals surface area contributed by atoms with Gasteiger partial charge in [-0.3, -0.25) is 4.79 Å². The summed E-state index contributed by atoms with van der Waals surface area (Å²) >= 11 is 1.53. The molecular weight excluding hydrogens is 340 g/mol. The molecule has 0 radical (unpaired) electrons. The third-order valence-corrected chi connectivity index (χ3v) is 4.71. The van der Waals surface area contributed by atoms with Crippen molar-refractivity contribution >= 4 is 28.6 Å². The standard InChI is InChI=1S/C17H20N4O3S/c1-3-21(4-2)17-18-9-12(25-17)10-19-20-16(22)15-11-23-13-7-5-6-8-14(13)24-15/h5-10,15H,3-4,11H2,1-2H3,(H,20,22)/b19-10-/t15-/m0/s1. The predicted molar refractivity (Wildman–Crippen MR) is 97.8 cm³/mol. The highest BCUT2D eigenvalue weighted by atomic mass is 32.1. The van der Waals surface area contributed by atoms with E-state index in [9.17, 15) is 4.79 Å². The number of nitrogens with one attached hydrogen (secondary N) is 1. The highest BCUT2D eigenvalue weighted by Gasteiger charge is 2.26. The summed E-state index contributed by atoms with van der Waals surface area (Å²) in [6.45, 7) is 6.13. The molecule has 2 heterocycles. The summed E-state index contributed by atoms with van der Waals surface area (Å²) in [6.07, 6.45) is 2.60. The van der Waals surface area contributed by atoms with Gasteiger partial charge in [0, 0.05) is 19.3 Å². The highest BCUT2D eigenvalue weighted by Crippen LogP contribution is 2.30. The lowest BCUT2D eigenvalue weighted by atomic mass is 10.2.